The summed E-state index contributed by atoms with van der Waals surface area (Å²) >= 11 is 0. The van der Waals surface area contributed by atoms with Gasteiger partial charge in [0.25, 0.3) is 5.69 Å². The quantitative estimate of drug-likeness (QED) is 0.179. The second-order valence-electron chi connectivity index (χ2n) is 10.8. The third-order valence-electron chi connectivity index (χ3n) is 6.29. The number of hydrogen-bond acceptors (Lipinski definition) is 9. The molecule has 2 unspecified atom stereocenters. The van der Waals surface area contributed by atoms with Gasteiger partial charge in [0.2, 0.25) is 15.9 Å². The number of anilines is 1. The van der Waals surface area contributed by atoms with E-state index in [2.05, 4.69) is 21.3 Å². The molecule has 5 N–H and O–H groups in total. The van der Waals surface area contributed by atoms with Crippen molar-refractivity contribution in [2.45, 2.75) is 62.7 Å². The number of amides is 4. The molecule has 4 amide bonds. The fourth-order valence-corrected chi connectivity index (χ4v) is 5.86. The van der Waals surface area contributed by atoms with Crippen LogP contribution < -0.4 is 21.3 Å². The van der Waals surface area contributed by atoms with Gasteiger partial charge in [-0.1, -0.05) is 12.1 Å². The molecule has 1 saturated heterocycles. The summed E-state index contributed by atoms with van der Waals surface area (Å²) in [6.07, 6.45) is -0.153. The van der Waals surface area contributed by atoms with E-state index >= 15 is 0 Å². The Labute approximate surface area is 253 Å². The van der Waals surface area contributed by atoms with E-state index in [0.717, 1.165) is 28.6 Å². The number of non-ortho nitro benzene ring substituents is 1. The van der Waals surface area contributed by atoms with Crippen molar-refractivity contribution in [3.05, 3.63) is 64.2 Å². The molecule has 2 aromatic carbocycles. The average Bonchev–Trinajstić information content (AvgIpc) is 3.45. The fraction of sp³-hybridized carbons (Fsp3) is 0.407. The highest BCUT2D eigenvalue weighted by Gasteiger charge is 2.40. The normalized spacial score (nSPS) is 15.9. The monoisotopic (exact) mass is 634 g/mol. The molecule has 0 spiro atoms. The number of aliphatic carboxylic acids is 1. The topological polar surface area (TPSA) is 226 Å². The zero-order chi connectivity index (χ0) is 32.7. The summed E-state index contributed by atoms with van der Waals surface area (Å²) in [4.78, 5) is 58.9. The van der Waals surface area contributed by atoms with Gasteiger partial charge in [0.1, 0.15) is 17.7 Å². The van der Waals surface area contributed by atoms with E-state index in [1.807, 2.05) is 0 Å². The second kappa shape index (κ2) is 14.1. The number of carboxylic acid groups (broad SMARTS) is 1. The first-order valence-electron chi connectivity index (χ1n) is 13.5. The Hall–Kier alpha value is -4.77. The van der Waals surface area contributed by atoms with E-state index in [9.17, 15) is 42.8 Å². The predicted molar refractivity (Wildman–Crippen MR) is 156 cm³/mol. The van der Waals surface area contributed by atoms with E-state index in [1.54, 1.807) is 45.0 Å². The standard InChI is InChI=1S/C27H34N6O10S/c1-27(2,3)43-26(38)30-18-8-6-17(7-9-18)15-28-25(37)29-16-21(24(35)36)31-23(34)22-5-4-14-32(22)44(41,42)20-12-10-19(11-13-20)33(39)40/h6-13,21-22H,4-5,14-16H2,1-3H3,(H,30,38)(H,31,34)(H,35,36)(H2,28,29,37). The van der Waals surface area contributed by atoms with Crippen molar-refractivity contribution in [2.24, 2.45) is 0 Å². The Balaban J connectivity index is 1.52. The molecule has 1 fully saturated rings. The van der Waals surface area contributed by atoms with Gasteiger partial charge < -0.3 is 25.8 Å². The van der Waals surface area contributed by atoms with Crippen molar-refractivity contribution in [3.8, 4) is 0 Å². The zero-order valence-electron chi connectivity index (χ0n) is 24.2. The molecular formula is C27H34N6O10S. The number of nitro benzene ring substituents is 1. The summed E-state index contributed by atoms with van der Waals surface area (Å²) < 4.78 is 32.4. The molecule has 0 aliphatic carbocycles. The first-order valence-corrected chi connectivity index (χ1v) is 14.9. The van der Waals surface area contributed by atoms with Crippen molar-refractivity contribution >= 4 is 45.4 Å². The molecule has 2 aromatic rings. The molecule has 2 atom stereocenters. The lowest BCUT2D eigenvalue weighted by Crippen LogP contribution is -2.54. The van der Waals surface area contributed by atoms with Gasteiger partial charge in [0.15, 0.2) is 0 Å². The molecule has 16 nitrogen and oxygen atoms in total. The summed E-state index contributed by atoms with van der Waals surface area (Å²) in [7, 11) is -4.21. The summed E-state index contributed by atoms with van der Waals surface area (Å²) in [6, 6.07) is 7.27. The van der Waals surface area contributed by atoms with Gasteiger partial charge in [-0.15, -0.1) is 0 Å². The number of ether oxygens (including phenoxy) is 1. The number of sulfonamides is 1. The average molecular weight is 635 g/mol. The molecular weight excluding hydrogens is 600 g/mol. The van der Waals surface area contributed by atoms with Crippen LogP contribution in [0.15, 0.2) is 53.4 Å². The lowest BCUT2D eigenvalue weighted by molar-refractivity contribution is -0.384. The van der Waals surface area contributed by atoms with Crippen molar-refractivity contribution in [1.82, 2.24) is 20.3 Å². The molecule has 0 saturated carbocycles. The highest BCUT2D eigenvalue weighted by molar-refractivity contribution is 7.89. The van der Waals surface area contributed by atoms with Gasteiger partial charge in [-0.3, -0.25) is 20.2 Å². The Bertz CT molecular complexity index is 1490. The number of carbonyl (C=O) groups excluding carboxylic acids is 3. The van der Waals surface area contributed by atoms with Gasteiger partial charge in [-0.05, 0) is 63.4 Å². The zero-order valence-corrected chi connectivity index (χ0v) is 25.0. The molecule has 1 aliphatic rings. The van der Waals surface area contributed by atoms with Crippen LogP contribution in [0.1, 0.15) is 39.2 Å². The minimum absolute atomic E-state index is 0.00610. The molecule has 0 aromatic heterocycles. The lowest BCUT2D eigenvalue weighted by atomic mass is 10.2. The number of rotatable bonds is 11. The van der Waals surface area contributed by atoms with E-state index in [0.29, 0.717) is 17.7 Å². The summed E-state index contributed by atoms with van der Waals surface area (Å²) in [5, 5.41) is 30.3. The third-order valence-corrected chi connectivity index (χ3v) is 8.22. The van der Waals surface area contributed by atoms with E-state index in [1.165, 1.54) is 0 Å². The van der Waals surface area contributed by atoms with Crippen molar-refractivity contribution in [3.63, 3.8) is 0 Å². The molecule has 17 heteroatoms. The Morgan fingerprint density at radius 3 is 2.27 bits per heavy atom. The van der Waals surface area contributed by atoms with Crippen LogP contribution in [0.25, 0.3) is 0 Å². The SMILES string of the molecule is CC(C)(C)OC(=O)Nc1ccc(CNC(=O)NCC(NC(=O)C2CCCN2S(=O)(=O)c2ccc([N+](=O)[O-])cc2)C(=O)O)cc1. The van der Waals surface area contributed by atoms with E-state index < -0.39 is 63.2 Å². The number of nitrogens with zero attached hydrogens (tertiary/aromatic N) is 2. The minimum Gasteiger partial charge on any atom is -0.480 e. The van der Waals surface area contributed by atoms with Crippen LogP contribution >= 0.6 is 0 Å². The van der Waals surface area contributed by atoms with Crippen LogP contribution in [0.5, 0.6) is 0 Å². The van der Waals surface area contributed by atoms with Crippen LogP contribution in [-0.2, 0) is 30.9 Å². The largest absolute Gasteiger partial charge is 0.480 e. The van der Waals surface area contributed by atoms with E-state index in [-0.39, 0.29) is 30.1 Å². The molecule has 0 bridgehead atoms. The Morgan fingerprint density at radius 2 is 1.70 bits per heavy atom. The maximum absolute atomic E-state index is 13.1. The molecule has 1 heterocycles. The van der Waals surface area contributed by atoms with Crippen LogP contribution in [0.3, 0.4) is 0 Å². The first kappa shape index (κ1) is 33.7. The van der Waals surface area contributed by atoms with Gasteiger partial charge in [-0.2, -0.15) is 4.31 Å². The molecule has 3 rings (SSSR count). The summed E-state index contributed by atoms with van der Waals surface area (Å²) in [5.74, 6) is -2.31. The Kier molecular flexibility index (Phi) is 10.8. The van der Waals surface area contributed by atoms with Gasteiger partial charge in [0.05, 0.1) is 16.4 Å². The van der Waals surface area contributed by atoms with Crippen LogP contribution in [0.2, 0.25) is 0 Å². The number of hydrogen-bond donors (Lipinski definition) is 5. The number of benzene rings is 2. The molecule has 1 aliphatic heterocycles. The second-order valence-corrected chi connectivity index (χ2v) is 12.7. The number of urea groups is 1. The number of nitrogens with one attached hydrogen (secondary N) is 4. The van der Waals surface area contributed by atoms with Gasteiger partial charge in [0, 0.05) is 30.9 Å². The van der Waals surface area contributed by atoms with Gasteiger partial charge >= 0.3 is 18.1 Å². The fourth-order valence-electron chi connectivity index (χ4n) is 4.20. The molecule has 44 heavy (non-hydrogen) atoms. The smallest absolute Gasteiger partial charge is 0.412 e. The van der Waals surface area contributed by atoms with Crippen molar-refractivity contribution in [2.75, 3.05) is 18.4 Å². The maximum atomic E-state index is 13.1. The number of carboxylic acids is 1. The van der Waals surface area contributed by atoms with Crippen LogP contribution in [0.4, 0.5) is 21.0 Å². The summed E-state index contributed by atoms with van der Waals surface area (Å²) in [6.45, 7) is 4.78. The van der Waals surface area contributed by atoms with Crippen LogP contribution in [-0.4, -0.2) is 77.5 Å². The molecule has 238 valence electrons. The van der Waals surface area contributed by atoms with Crippen molar-refractivity contribution in [1.29, 1.82) is 0 Å². The summed E-state index contributed by atoms with van der Waals surface area (Å²) in [5.41, 5.74) is 0.201. The Morgan fingerprint density at radius 1 is 1.07 bits per heavy atom. The van der Waals surface area contributed by atoms with E-state index in [4.69, 9.17) is 4.74 Å². The highest BCUT2D eigenvalue weighted by atomic mass is 32.2. The number of nitro groups is 1. The van der Waals surface area contributed by atoms with Crippen molar-refractivity contribution < 1.29 is 42.4 Å². The highest BCUT2D eigenvalue weighted by Crippen LogP contribution is 2.27. The van der Waals surface area contributed by atoms with Crippen LogP contribution in [0, 0.1) is 10.1 Å². The predicted octanol–water partition coefficient (Wildman–Crippen LogP) is 2.16. The first-order chi connectivity index (χ1) is 20.6. The maximum Gasteiger partial charge on any atom is 0.412 e. The minimum atomic E-state index is -4.21. The van der Waals surface area contributed by atoms with Gasteiger partial charge in [-0.25, -0.2) is 22.8 Å². The molecule has 0 radical (unpaired) electrons. The number of carbonyl (C=O) groups is 4. The third kappa shape index (κ3) is 9.37. The lowest BCUT2D eigenvalue weighted by Gasteiger charge is -2.25.